The summed E-state index contributed by atoms with van der Waals surface area (Å²) in [5.74, 6) is 0.838. The van der Waals surface area contributed by atoms with Gasteiger partial charge in [0.2, 0.25) is 11.9 Å². The van der Waals surface area contributed by atoms with Crippen molar-refractivity contribution in [1.29, 1.82) is 0 Å². The molecule has 0 radical (unpaired) electrons. The Kier molecular flexibility index (Phi) is 9.88. The fraction of sp³-hybridized carbons (Fsp3) is 0.500. The number of halogens is 9. The number of hydrogen-bond donors (Lipinski definition) is 2. The van der Waals surface area contributed by atoms with Gasteiger partial charge in [-0.2, -0.15) is 44.5 Å². The largest absolute Gasteiger partial charge is 0.416 e. The molecule has 1 fully saturated rings. The highest BCUT2D eigenvalue weighted by atomic mass is 19.4. The summed E-state index contributed by atoms with van der Waals surface area (Å²) in [5.41, 5.74) is 1.70. The van der Waals surface area contributed by atoms with Crippen LogP contribution in [0.3, 0.4) is 0 Å². The summed E-state index contributed by atoms with van der Waals surface area (Å²) in [6.07, 6.45) is -12.9. The van der Waals surface area contributed by atoms with Crippen LogP contribution in [-0.4, -0.2) is 51.2 Å². The van der Waals surface area contributed by atoms with Crippen molar-refractivity contribution in [3.05, 3.63) is 81.5 Å². The van der Waals surface area contributed by atoms with Crippen LogP contribution < -0.4 is 11.0 Å². The van der Waals surface area contributed by atoms with Crippen molar-refractivity contribution in [3.63, 3.8) is 0 Å². The molecule has 3 aromatic rings. The van der Waals surface area contributed by atoms with Crippen LogP contribution in [0.15, 0.2) is 46.0 Å². The van der Waals surface area contributed by atoms with E-state index in [1.807, 2.05) is 6.92 Å². The van der Waals surface area contributed by atoms with Crippen LogP contribution in [0.1, 0.15) is 83.2 Å². The monoisotopic (exact) mass is 692 g/mol. The quantitative estimate of drug-likeness (QED) is 0.245. The fourth-order valence-electron chi connectivity index (χ4n) is 6.11. The number of hydrazine groups is 2. The normalized spacial score (nSPS) is 18.8. The molecule has 0 spiro atoms. The third-order valence-electron chi connectivity index (χ3n) is 8.27. The number of piperidine rings is 1. The second kappa shape index (κ2) is 13.4. The van der Waals surface area contributed by atoms with Crippen LogP contribution in [0.4, 0.5) is 39.5 Å². The molecule has 0 amide bonds. The van der Waals surface area contributed by atoms with Gasteiger partial charge < -0.3 is 9.42 Å². The van der Waals surface area contributed by atoms with Crippen molar-refractivity contribution in [2.75, 3.05) is 20.1 Å². The molecular weight excluding hydrogens is 659 g/mol. The summed E-state index contributed by atoms with van der Waals surface area (Å²) in [6, 6.07) is 4.13. The Bertz CT molecular complexity index is 1590. The number of hydrogen-bond acceptors (Lipinski definition) is 9. The van der Waals surface area contributed by atoms with Crippen molar-refractivity contribution >= 4 is 5.96 Å². The van der Waals surface area contributed by atoms with Crippen molar-refractivity contribution in [3.8, 4) is 0 Å². The number of guanidine groups is 1. The molecule has 18 heteroatoms. The molecule has 2 unspecified atom stereocenters. The Morgan fingerprint density at radius 1 is 0.938 bits per heavy atom. The van der Waals surface area contributed by atoms with E-state index in [1.165, 1.54) is 23.1 Å². The topological polar surface area (TPSA) is 85.1 Å². The lowest BCUT2D eigenvalue weighted by Gasteiger charge is -2.38. The van der Waals surface area contributed by atoms with Gasteiger partial charge in [-0.3, -0.25) is 10.3 Å². The maximum Gasteiger partial charge on any atom is 0.416 e. The van der Waals surface area contributed by atoms with E-state index in [4.69, 9.17) is 4.52 Å². The zero-order valence-corrected chi connectivity index (χ0v) is 26.1. The van der Waals surface area contributed by atoms with Crippen molar-refractivity contribution in [1.82, 2.24) is 36.0 Å². The molecule has 48 heavy (non-hydrogen) atoms. The molecule has 262 valence electrons. The predicted molar refractivity (Wildman–Crippen MR) is 154 cm³/mol. The lowest BCUT2D eigenvalue weighted by Crippen LogP contribution is -2.44. The van der Waals surface area contributed by atoms with Gasteiger partial charge in [0.25, 0.3) is 0 Å². The van der Waals surface area contributed by atoms with Crippen LogP contribution in [0.5, 0.6) is 0 Å². The van der Waals surface area contributed by atoms with E-state index in [9.17, 15) is 39.5 Å². The number of nitrogens with zero attached hydrogens (tertiary/aromatic N) is 6. The standard InChI is InChI=1S/C30H33F9N8O/c1-4-25(46-9-5-6-19(15-46)26-40-17(2)48-43-26)24-8-7-21(28(31,32)33)12-20(24)16-47(27-41-44-45(3)42-27)14-18-10-22(29(34,35)36)13-23(11-18)30(37,38)39/h7-8,10-13,19,25,44H,4-6,9,14-16H2,1-3H3,(H,41,42). The minimum atomic E-state index is -5.08. The van der Waals surface area contributed by atoms with Crippen LogP contribution in [0.2, 0.25) is 0 Å². The highest BCUT2D eigenvalue weighted by Gasteiger charge is 2.38. The van der Waals surface area contributed by atoms with Gasteiger partial charge in [0.1, 0.15) is 0 Å². The number of aryl methyl sites for hydroxylation is 1. The first-order valence-electron chi connectivity index (χ1n) is 15.0. The fourth-order valence-corrected chi connectivity index (χ4v) is 6.11. The summed E-state index contributed by atoms with van der Waals surface area (Å²) >= 11 is 0. The van der Waals surface area contributed by atoms with Crippen LogP contribution in [0.25, 0.3) is 0 Å². The molecule has 1 aromatic heterocycles. The summed E-state index contributed by atoms with van der Waals surface area (Å²) in [6.45, 7) is 3.79. The number of alkyl halides is 9. The van der Waals surface area contributed by atoms with Gasteiger partial charge in [0.05, 0.1) is 16.7 Å². The Hall–Kier alpha value is -4.06. The highest BCUT2D eigenvalue weighted by Crippen LogP contribution is 2.39. The third-order valence-corrected chi connectivity index (χ3v) is 8.27. The summed E-state index contributed by atoms with van der Waals surface area (Å²) < 4.78 is 129. The number of benzene rings is 2. The second-order valence-corrected chi connectivity index (χ2v) is 11.8. The molecule has 2 N–H and O–H groups in total. The van der Waals surface area contributed by atoms with E-state index in [0.717, 1.165) is 25.0 Å². The average molecular weight is 693 g/mol. The first-order valence-corrected chi connectivity index (χ1v) is 15.0. The first kappa shape index (κ1) is 35.3. The van der Waals surface area contributed by atoms with Crippen LogP contribution in [0, 0.1) is 6.92 Å². The van der Waals surface area contributed by atoms with E-state index in [1.54, 1.807) is 6.92 Å². The van der Waals surface area contributed by atoms with Crippen molar-refractivity contribution in [2.45, 2.75) is 76.7 Å². The number of nitrogens with one attached hydrogen (secondary N) is 2. The molecular formula is C30H33F9N8O. The summed E-state index contributed by atoms with van der Waals surface area (Å²) in [5, 5.41) is 9.37. The Labute approximate surface area is 269 Å². The molecule has 0 aliphatic carbocycles. The molecule has 1 saturated heterocycles. The van der Waals surface area contributed by atoms with Gasteiger partial charge in [-0.15, -0.1) is 10.2 Å². The smallest absolute Gasteiger partial charge is 0.340 e. The molecule has 2 aliphatic heterocycles. The second-order valence-electron chi connectivity index (χ2n) is 11.8. The minimum absolute atomic E-state index is 0.0209. The first-order chi connectivity index (χ1) is 22.4. The highest BCUT2D eigenvalue weighted by molar-refractivity contribution is 5.80. The molecule has 2 atom stereocenters. The van der Waals surface area contributed by atoms with Crippen LogP contribution >= 0.6 is 0 Å². The molecule has 0 bridgehead atoms. The van der Waals surface area contributed by atoms with Gasteiger partial charge in [0, 0.05) is 45.6 Å². The number of rotatable bonds is 8. The predicted octanol–water partition coefficient (Wildman–Crippen LogP) is 6.99. The van der Waals surface area contributed by atoms with E-state index >= 15 is 0 Å². The van der Waals surface area contributed by atoms with Gasteiger partial charge in [-0.25, -0.2) is 5.53 Å². The minimum Gasteiger partial charge on any atom is -0.340 e. The molecule has 2 aromatic carbocycles. The van der Waals surface area contributed by atoms with Crippen molar-refractivity contribution in [2.24, 2.45) is 5.10 Å². The lowest BCUT2D eigenvalue weighted by molar-refractivity contribution is -0.143. The van der Waals surface area contributed by atoms with Gasteiger partial charge in [0.15, 0.2) is 5.82 Å². The molecule has 5 rings (SSSR count). The van der Waals surface area contributed by atoms with Crippen LogP contribution in [-0.2, 0) is 31.6 Å². The molecule has 3 heterocycles. The third kappa shape index (κ3) is 8.14. The van der Waals surface area contributed by atoms with E-state index in [2.05, 4.69) is 31.1 Å². The summed E-state index contributed by atoms with van der Waals surface area (Å²) in [7, 11) is 1.50. The van der Waals surface area contributed by atoms with Crippen molar-refractivity contribution < 1.29 is 44.0 Å². The number of aromatic nitrogens is 2. The summed E-state index contributed by atoms with van der Waals surface area (Å²) in [4.78, 5) is 7.76. The van der Waals surface area contributed by atoms with E-state index in [0.29, 0.717) is 48.9 Å². The van der Waals surface area contributed by atoms with E-state index < -0.39 is 41.8 Å². The Balaban J connectivity index is 1.54. The van der Waals surface area contributed by atoms with Gasteiger partial charge in [-0.1, -0.05) is 18.1 Å². The lowest BCUT2D eigenvalue weighted by atomic mass is 9.90. The van der Waals surface area contributed by atoms with Gasteiger partial charge in [-0.05, 0) is 72.8 Å². The molecule has 9 nitrogen and oxygen atoms in total. The Morgan fingerprint density at radius 2 is 1.60 bits per heavy atom. The number of likely N-dealkylation sites (tertiary alicyclic amines) is 1. The zero-order chi connectivity index (χ0) is 35.0. The maximum atomic E-state index is 14.0. The molecule has 0 saturated carbocycles. The Morgan fingerprint density at radius 3 is 2.15 bits per heavy atom. The maximum absolute atomic E-state index is 14.0. The average Bonchev–Trinajstić information content (AvgIpc) is 3.64. The zero-order valence-electron chi connectivity index (χ0n) is 26.1. The SMILES string of the molecule is CCC(c1ccc(C(F)(F)F)cc1CN(Cc1cc(C(F)(F)F)cc(C(F)(F)F)c1)C1=NNN(C)N1)N1CCCC(c2noc(C)n2)C1. The molecule has 2 aliphatic rings. The number of hydrazone groups is 1. The van der Waals surface area contributed by atoms with E-state index in [-0.39, 0.29) is 41.7 Å². The van der Waals surface area contributed by atoms with Gasteiger partial charge >= 0.3 is 18.5 Å².